The number of likely N-dealkylation sites (tertiary alicyclic amines) is 1. The number of sulfonamides is 1. The summed E-state index contributed by atoms with van der Waals surface area (Å²) in [6.45, 7) is 9.07. The Morgan fingerprint density at radius 1 is 0.843 bits per heavy atom. The van der Waals surface area contributed by atoms with E-state index in [2.05, 4.69) is 10.6 Å². The van der Waals surface area contributed by atoms with Gasteiger partial charge in [0.1, 0.15) is 24.1 Å². The number of amides is 2. The number of nitrogens with one attached hydrogen (secondary N) is 2. The van der Waals surface area contributed by atoms with Crippen LogP contribution in [0, 0.1) is 0 Å². The minimum Gasteiger partial charge on any atom is -0.490 e. The summed E-state index contributed by atoms with van der Waals surface area (Å²) >= 11 is 0. The van der Waals surface area contributed by atoms with Crippen LogP contribution in [0.3, 0.4) is 0 Å². The van der Waals surface area contributed by atoms with Gasteiger partial charge >= 0.3 is 12.2 Å². The number of carbonyl (C=O) groups excluding carboxylic acids is 2. The van der Waals surface area contributed by atoms with E-state index in [1.165, 1.54) is 4.31 Å². The van der Waals surface area contributed by atoms with Crippen molar-refractivity contribution in [1.29, 1.82) is 0 Å². The zero-order valence-corrected chi connectivity index (χ0v) is 31.5. The second kappa shape index (κ2) is 18.4. The van der Waals surface area contributed by atoms with Gasteiger partial charge in [-0.2, -0.15) is 12.7 Å². The molecule has 0 bridgehead atoms. The molecule has 3 heterocycles. The first-order chi connectivity index (χ1) is 24.1. The lowest BCUT2D eigenvalue weighted by Gasteiger charge is -2.32. The van der Waals surface area contributed by atoms with E-state index >= 15 is 0 Å². The molecular weight excluding hydrogens is 701 g/mol. The van der Waals surface area contributed by atoms with Gasteiger partial charge in [0.2, 0.25) is 10.0 Å². The smallest absolute Gasteiger partial charge is 0.410 e. The molecule has 2 amide bonds. The number of piperidine rings is 3. The Morgan fingerprint density at radius 2 is 1.49 bits per heavy atom. The zero-order valence-electron chi connectivity index (χ0n) is 29.9. The Balaban J connectivity index is 0.000000244. The standard InChI is InChI=1S/C21H33N3O5S.C14H19NO5S/c1-21(2,3)29-20(25)23-16-9-13-24(14-10-16)30(26,27)19-6-4-5-18(15-19)28-17-7-11-22-12-8-17;1-21(17,18)20-13-7-9-15(10-8-13)14(16)19-11-12-5-3-2-4-6-12/h4-6,15-17,22H,7-14H2,1-3H3,(H,23,25);2-6,13H,7-11H2,1H3. The highest BCUT2D eigenvalue weighted by Gasteiger charge is 2.31. The van der Waals surface area contributed by atoms with Gasteiger partial charge in [-0.3, -0.25) is 4.18 Å². The SMILES string of the molecule is CC(C)(C)OC(=O)NC1CCN(S(=O)(=O)c2cccc(OC3CCNCC3)c2)CC1.CS(=O)(=O)OC1CCN(C(=O)OCc2ccccc2)CC1. The first-order valence-corrected chi connectivity index (χ1v) is 20.6. The Kier molecular flexibility index (Phi) is 14.5. The molecule has 3 aliphatic rings. The number of alkyl carbamates (subject to hydrolysis) is 1. The van der Waals surface area contributed by atoms with Gasteiger partial charge in [0.25, 0.3) is 10.1 Å². The molecule has 0 aliphatic carbocycles. The molecule has 0 atom stereocenters. The number of nitrogens with zero attached hydrogens (tertiary/aromatic N) is 2. The minimum absolute atomic E-state index is 0.0964. The topological polar surface area (TPSA) is 170 Å². The second-order valence-electron chi connectivity index (χ2n) is 13.9. The van der Waals surface area contributed by atoms with Gasteiger partial charge < -0.3 is 29.7 Å². The molecule has 2 aromatic carbocycles. The van der Waals surface area contributed by atoms with Crippen molar-refractivity contribution in [2.75, 3.05) is 45.5 Å². The Hall–Kier alpha value is -3.44. The van der Waals surface area contributed by atoms with Crippen LogP contribution in [0.4, 0.5) is 9.59 Å². The number of hydrogen-bond acceptors (Lipinski definition) is 11. The van der Waals surface area contributed by atoms with Crippen LogP contribution in [0.1, 0.15) is 64.9 Å². The molecule has 16 heteroatoms. The first-order valence-electron chi connectivity index (χ1n) is 17.4. The molecule has 14 nitrogen and oxygen atoms in total. The highest BCUT2D eigenvalue weighted by molar-refractivity contribution is 7.89. The average molecular weight is 753 g/mol. The van der Waals surface area contributed by atoms with Crippen molar-refractivity contribution in [3.63, 3.8) is 0 Å². The molecule has 0 unspecified atom stereocenters. The van der Waals surface area contributed by atoms with Crippen molar-refractivity contribution in [3.8, 4) is 5.75 Å². The molecule has 3 fully saturated rings. The third kappa shape index (κ3) is 13.9. The Labute approximate surface area is 302 Å². The van der Waals surface area contributed by atoms with Crippen molar-refractivity contribution >= 4 is 32.3 Å². The monoisotopic (exact) mass is 752 g/mol. The fourth-order valence-electron chi connectivity index (χ4n) is 5.87. The molecule has 0 saturated carbocycles. The van der Waals surface area contributed by atoms with E-state index in [4.69, 9.17) is 18.4 Å². The predicted molar refractivity (Wildman–Crippen MR) is 191 cm³/mol. The maximum atomic E-state index is 13.1. The van der Waals surface area contributed by atoms with Crippen LogP contribution in [0.25, 0.3) is 0 Å². The van der Waals surface area contributed by atoms with Crippen molar-refractivity contribution in [2.45, 2.75) is 94.6 Å². The quantitative estimate of drug-likeness (QED) is 0.351. The highest BCUT2D eigenvalue weighted by atomic mass is 32.2. The van der Waals surface area contributed by atoms with Crippen molar-refractivity contribution < 1.29 is 44.8 Å². The van der Waals surface area contributed by atoms with E-state index < -0.39 is 31.8 Å². The normalized spacial score (nSPS) is 18.6. The third-order valence-electron chi connectivity index (χ3n) is 8.42. The molecular formula is C35H52N4O10S2. The third-order valence-corrected chi connectivity index (χ3v) is 10.9. The van der Waals surface area contributed by atoms with Crippen molar-refractivity contribution in [1.82, 2.24) is 19.8 Å². The van der Waals surface area contributed by atoms with Gasteiger partial charge in [0.05, 0.1) is 17.3 Å². The maximum Gasteiger partial charge on any atom is 0.410 e. The lowest BCUT2D eigenvalue weighted by atomic mass is 10.1. The Morgan fingerprint density at radius 3 is 2.10 bits per heavy atom. The van der Waals surface area contributed by atoms with Crippen molar-refractivity contribution in [2.24, 2.45) is 0 Å². The van der Waals surface area contributed by atoms with E-state index in [-0.39, 0.29) is 35.8 Å². The van der Waals surface area contributed by atoms with E-state index in [0.29, 0.717) is 57.6 Å². The minimum atomic E-state index is -3.61. The summed E-state index contributed by atoms with van der Waals surface area (Å²) in [5, 5.41) is 6.12. The lowest BCUT2D eigenvalue weighted by molar-refractivity contribution is 0.0489. The number of benzene rings is 2. The molecule has 284 valence electrons. The van der Waals surface area contributed by atoms with Gasteiger partial charge in [0, 0.05) is 38.3 Å². The molecule has 2 N–H and O–H groups in total. The predicted octanol–water partition coefficient (Wildman–Crippen LogP) is 4.26. The van der Waals surface area contributed by atoms with Gasteiger partial charge in [-0.15, -0.1) is 0 Å². The van der Waals surface area contributed by atoms with Crippen LogP contribution in [0.15, 0.2) is 59.5 Å². The molecule has 51 heavy (non-hydrogen) atoms. The molecule has 5 rings (SSSR count). The van der Waals surface area contributed by atoms with Crippen LogP contribution in [0.2, 0.25) is 0 Å². The summed E-state index contributed by atoms with van der Waals surface area (Å²) < 4.78 is 71.2. The van der Waals surface area contributed by atoms with Crippen molar-refractivity contribution in [3.05, 3.63) is 60.2 Å². The fraction of sp³-hybridized carbons (Fsp3) is 0.600. The molecule has 0 spiro atoms. The van der Waals surface area contributed by atoms with Gasteiger partial charge in [-0.25, -0.2) is 18.0 Å². The largest absolute Gasteiger partial charge is 0.490 e. The zero-order chi connectivity index (χ0) is 37.1. The van der Waals surface area contributed by atoms with E-state index in [0.717, 1.165) is 37.8 Å². The molecule has 2 aromatic rings. The van der Waals surface area contributed by atoms with E-state index in [9.17, 15) is 26.4 Å². The number of carbonyl (C=O) groups is 2. The van der Waals surface area contributed by atoms with Gasteiger partial charge in [0.15, 0.2) is 0 Å². The summed E-state index contributed by atoms with van der Waals surface area (Å²) in [6, 6.07) is 16.1. The summed E-state index contributed by atoms with van der Waals surface area (Å²) in [5.41, 5.74) is 0.371. The number of ether oxygens (including phenoxy) is 3. The van der Waals surface area contributed by atoms with Crippen LogP contribution < -0.4 is 15.4 Å². The Bertz CT molecular complexity index is 1630. The maximum absolute atomic E-state index is 13.1. The summed E-state index contributed by atoms with van der Waals surface area (Å²) in [6.07, 6.45) is 3.85. The number of rotatable bonds is 9. The average Bonchev–Trinajstić information content (AvgIpc) is 3.07. The molecule has 0 aromatic heterocycles. The van der Waals surface area contributed by atoms with Gasteiger partial charge in [-0.1, -0.05) is 36.4 Å². The van der Waals surface area contributed by atoms with Crippen LogP contribution in [-0.4, -0.2) is 108 Å². The highest BCUT2D eigenvalue weighted by Crippen LogP contribution is 2.26. The van der Waals surface area contributed by atoms with E-state index in [1.54, 1.807) is 29.2 Å². The van der Waals surface area contributed by atoms with Crippen LogP contribution in [0.5, 0.6) is 5.75 Å². The first kappa shape index (κ1) is 40.3. The summed E-state index contributed by atoms with van der Waals surface area (Å²) in [4.78, 5) is 25.7. The van der Waals surface area contributed by atoms with Crippen LogP contribution in [-0.2, 0) is 40.4 Å². The molecule has 3 saturated heterocycles. The second-order valence-corrected chi connectivity index (χ2v) is 17.4. The summed E-state index contributed by atoms with van der Waals surface area (Å²) in [7, 11) is -7.05. The number of hydrogen-bond donors (Lipinski definition) is 2. The summed E-state index contributed by atoms with van der Waals surface area (Å²) in [5.74, 6) is 0.587. The molecule has 3 aliphatic heterocycles. The van der Waals surface area contributed by atoms with Gasteiger partial charge in [-0.05, 0) is 90.1 Å². The fourth-order valence-corrected chi connectivity index (χ4v) is 8.06. The van der Waals surface area contributed by atoms with E-state index in [1.807, 2.05) is 51.1 Å². The van der Waals surface area contributed by atoms with Crippen LogP contribution >= 0.6 is 0 Å². The lowest BCUT2D eigenvalue weighted by Crippen LogP contribution is -2.47. The molecule has 0 radical (unpaired) electrons.